The summed E-state index contributed by atoms with van der Waals surface area (Å²) in [6.07, 6.45) is 1.91. The van der Waals surface area contributed by atoms with Gasteiger partial charge in [-0.1, -0.05) is 6.07 Å². The molecule has 0 atom stereocenters. The Labute approximate surface area is 104 Å². The van der Waals surface area contributed by atoms with Gasteiger partial charge in [-0.25, -0.2) is 0 Å². The molecule has 1 amide bonds. The largest absolute Gasteiger partial charge is 0.352 e. The highest BCUT2D eigenvalue weighted by Gasteiger charge is 2.10. The van der Waals surface area contributed by atoms with Crippen LogP contribution in [-0.4, -0.2) is 17.4 Å². The number of non-ortho nitro benzene ring substituents is 1. The number of carbonyl (C=O) groups excluding carboxylic acids is 1. The monoisotopic (exact) mass is 247 g/mol. The number of benzene rings is 1. The number of unbranched alkanes of at least 4 members (excludes halogenated alkanes) is 2. The van der Waals surface area contributed by atoms with Gasteiger partial charge in [0.05, 0.1) is 11.0 Å². The van der Waals surface area contributed by atoms with E-state index in [1.54, 1.807) is 0 Å². The van der Waals surface area contributed by atoms with E-state index in [9.17, 15) is 14.9 Å². The number of nitro benzene ring substituents is 1. The fraction of sp³-hybridized carbons (Fsp3) is 0.333. The van der Waals surface area contributed by atoms with Gasteiger partial charge in [-0.05, 0) is 18.9 Å². The molecular formula is C12H13N3O3. The molecule has 0 saturated carbocycles. The van der Waals surface area contributed by atoms with E-state index in [0.29, 0.717) is 19.4 Å². The molecule has 0 bridgehead atoms. The summed E-state index contributed by atoms with van der Waals surface area (Å²) in [7, 11) is 0. The average molecular weight is 247 g/mol. The molecule has 18 heavy (non-hydrogen) atoms. The number of nitrogens with zero attached hydrogens (tertiary/aromatic N) is 2. The molecule has 6 heteroatoms. The Bertz CT molecular complexity index is 480. The third kappa shape index (κ3) is 4.22. The molecule has 0 aliphatic carbocycles. The van der Waals surface area contributed by atoms with Crippen LogP contribution in [0.5, 0.6) is 0 Å². The number of nitriles is 1. The van der Waals surface area contributed by atoms with Gasteiger partial charge in [-0.3, -0.25) is 14.9 Å². The number of nitrogens with one attached hydrogen (secondary N) is 1. The maximum absolute atomic E-state index is 11.7. The van der Waals surface area contributed by atoms with Crippen molar-refractivity contribution in [1.82, 2.24) is 5.32 Å². The number of amides is 1. The summed E-state index contributed by atoms with van der Waals surface area (Å²) in [6.45, 7) is 0.462. The molecule has 1 aromatic carbocycles. The third-order valence-electron chi connectivity index (χ3n) is 2.32. The summed E-state index contributed by atoms with van der Waals surface area (Å²) >= 11 is 0. The predicted octanol–water partition coefficient (Wildman–Crippen LogP) is 2.02. The lowest BCUT2D eigenvalue weighted by molar-refractivity contribution is -0.384. The van der Waals surface area contributed by atoms with E-state index in [1.807, 2.05) is 6.07 Å². The zero-order chi connectivity index (χ0) is 13.4. The second kappa shape index (κ2) is 7.01. The van der Waals surface area contributed by atoms with Crippen molar-refractivity contribution in [2.75, 3.05) is 6.54 Å². The highest BCUT2D eigenvalue weighted by Crippen LogP contribution is 2.12. The molecule has 0 heterocycles. The predicted molar refractivity (Wildman–Crippen MR) is 64.9 cm³/mol. The molecule has 0 fully saturated rings. The van der Waals surface area contributed by atoms with Crippen molar-refractivity contribution in [1.29, 1.82) is 5.26 Å². The lowest BCUT2D eigenvalue weighted by Crippen LogP contribution is -2.24. The maximum atomic E-state index is 11.7. The van der Waals surface area contributed by atoms with Crippen LogP contribution >= 0.6 is 0 Å². The minimum atomic E-state index is -0.538. The minimum absolute atomic E-state index is 0.105. The van der Waals surface area contributed by atoms with E-state index >= 15 is 0 Å². The molecule has 0 spiro atoms. The van der Waals surface area contributed by atoms with Gasteiger partial charge in [0.1, 0.15) is 0 Å². The molecule has 0 saturated heterocycles. The molecule has 1 aromatic rings. The molecule has 0 radical (unpaired) electrons. The van der Waals surface area contributed by atoms with Gasteiger partial charge >= 0.3 is 0 Å². The molecule has 0 aromatic heterocycles. The zero-order valence-corrected chi connectivity index (χ0v) is 9.76. The second-order valence-corrected chi connectivity index (χ2v) is 3.68. The molecule has 1 rings (SSSR count). The van der Waals surface area contributed by atoms with Crippen LogP contribution in [0, 0.1) is 21.4 Å². The maximum Gasteiger partial charge on any atom is 0.270 e. The lowest BCUT2D eigenvalue weighted by atomic mass is 10.2. The SMILES string of the molecule is N#CCCCCNC(=O)c1cccc([N+](=O)[O-])c1. The standard InChI is InChI=1S/C12H13N3O3/c13-7-2-1-3-8-14-12(16)10-5-4-6-11(9-10)15(17)18/h4-6,9H,1-3,8H2,(H,14,16). The lowest BCUT2D eigenvalue weighted by Gasteiger charge is -2.04. The van der Waals surface area contributed by atoms with E-state index in [4.69, 9.17) is 5.26 Å². The van der Waals surface area contributed by atoms with Crippen LogP contribution in [0.15, 0.2) is 24.3 Å². The van der Waals surface area contributed by atoms with E-state index in [1.165, 1.54) is 24.3 Å². The van der Waals surface area contributed by atoms with Crippen molar-refractivity contribution in [2.24, 2.45) is 0 Å². The summed E-state index contributed by atoms with van der Waals surface area (Å²) < 4.78 is 0. The number of hydrogen-bond donors (Lipinski definition) is 1. The normalized spacial score (nSPS) is 9.50. The summed E-state index contributed by atoms with van der Waals surface area (Å²) in [5.41, 5.74) is 0.164. The highest BCUT2D eigenvalue weighted by atomic mass is 16.6. The van der Waals surface area contributed by atoms with Gasteiger partial charge in [0.25, 0.3) is 11.6 Å². The summed E-state index contributed by atoms with van der Waals surface area (Å²) in [5, 5.41) is 21.5. The van der Waals surface area contributed by atoms with Crippen molar-refractivity contribution in [3.05, 3.63) is 39.9 Å². The van der Waals surface area contributed by atoms with Gasteiger partial charge in [0.15, 0.2) is 0 Å². The Morgan fingerprint density at radius 1 is 1.44 bits per heavy atom. The van der Waals surface area contributed by atoms with E-state index in [0.717, 1.165) is 6.42 Å². The van der Waals surface area contributed by atoms with Crippen molar-refractivity contribution < 1.29 is 9.72 Å². The number of rotatable bonds is 6. The van der Waals surface area contributed by atoms with Gasteiger partial charge < -0.3 is 5.32 Å². The van der Waals surface area contributed by atoms with Crippen LogP contribution in [0.4, 0.5) is 5.69 Å². The number of hydrogen-bond acceptors (Lipinski definition) is 4. The first-order chi connectivity index (χ1) is 8.65. The fourth-order valence-electron chi connectivity index (χ4n) is 1.39. The van der Waals surface area contributed by atoms with E-state index < -0.39 is 4.92 Å². The smallest absolute Gasteiger partial charge is 0.270 e. The molecule has 1 N–H and O–H groups in total. The number of nitro groups is 1. The molecule has 0 unspecified atom stereocenters. The van der Waals surface area contributed by atoms with Gasteiger partial charge in [0, 0.05) is 30.7 Å². The topological polar surface area (TPSA) is 96.0 Å². The quantitative estimate of drug-likeness (QED) is 0.472. The van der Waals surface area contributed by atoms with Crippen LogP contribution < -0.4 is 5.32 Å². The fourth-order valence-corrected chi connectivity index (χ4v) is 1.39. The van der Waals surface area contributed by atoms with Gasteiger partial charge in [-0.2, -0.15) is 5.26 Å². The Morgan fingerprint density at radius 3 is 2.89 bits per heavy atom. The molecule has 0 aliphatic heterocycles. The molecule has 94 valence electrons. The molecular weight excluding hydrogens is 234 g/mol. The Kier molecular flexibility index (Phi) is 5.32. The van der Waals surface area contributed by atoms with Crippen LogP contribution in [-0.2, 0) is 0 Å². The van der Waals surface area contributed by atoms with Crippen molar-refractivity contribution in [2.45, 2.75) is 19.3 Å². The Hall–Kier alpha value is -2.42. The molecule has 0 aliphatic rings. The first-order valence-corrected chi connectivity index (χ1v) is 5.54. The van der Waals surface area contributed by atoms with Crippen molar-refractivity contribution in [3.8, 4) is 6.07 Å². The van der Waals surface area contributed by atoms with Crippen molar-refractivity contribution >= 4 is 11.6 Å². The Balaban J connectivity index is 2.49. The van der Waals surface area contributed by atoms with Crippen molar-refractivity contribution in [3.63, 3.8) is 0 Å². The van der Waals surface area contributed by atoms with Crippen LogP contribution in [0.3, 0.4) is 0 Å². The van der Waals surface area contributed by atoms with Crippen LogP contribution in [0.1, 0.15) is 29.6 Å². The van der Waals surface area contributed by atoms with Crippen LogP contribution in [0.25, 0.3) is 0 Å². The van der Waals surface area contributed by atoms with E-state index in [2.05, 4.69) is 5.32 Å². The van der Waals surface area contributed by atoms with E-state index in [-0.39, 0.29) is 17.2 Å². The first-order valence-electron chi connectivity index (χ1n) is 5.54. The number of carbonyl (C=O) groups is 1. The van der Waals surface area contributed by atoms with Gasteiger partial charge in [-0.15, -0.1) is 0 Å². The third-order valence-corrected chi connectivity index (χ3v) is 2.32. The van der Waals surface area contributed by atoms with Crippen LogP contribution in [0.2, 0.25) is 0 Å². The van der Waals surface area contributed by atoms with Gasteiger partial charge in [0.2, 0.25) is 0 Å². The minimum Gasteiger partial charge on any atom is -0.352 e. The summed E-state index contributed by atoms with van der Waals surface area (Å²) in [6, 6.07) is 7.60. The summed E-state index contributed by atoms with van der Waals surface area (Å²) in [4.78, 5) is 21.7. The average Bonchev–Trinajstić information content (AvgIpc) is 2.38. The zero-order valence-electron chi connectivity index (χ0n) is 9.76. The second-order valence-electron chi connectivity index (χ2n) is 3.68. The Morgan fingerprint density at radius 2 is 2.22 bits per heavy atom. The molecule has 6 nitrogen and oxygen atoms in total. The first kappa shape index (κ1) is 13.6. The highest BCUT2D eigenvalue weighted by molar-refractivity contribution is 5.94. The summed E-state index contributed by atoms with van der Waals surface area (Å²) in [5.74, 6) is -0.337.